The van der Waals surface area contributed by atoms with Gasteiger partial charge in [-0.3, -0.25) is 0 Å². The minimum Gasteiger partial charge on any atom is -0.486 e. The number of hydrogen-bond acceptors (Lipinski definition) is 2. The van der Waals surface area contributed by atoms with Crippen LogP contribution in [0.3, 0.4) is 0 Å². The van der Waals surface area contributed by atoms with Crippen LogP contribution >= 0.6 is 15.9 Å². The Balaban J connectivity index is 2.14. The van der Waals surface area contributed by atoms with Gasteiger partial charge in [-0.25, -0.2) is 4.39 Å². The van der Waals surface area contributed by atoms with Crippen LogP contribution in [-0.4, -0.2) is 0 Å². The molecule has 0 spiro atoms. The third kappa shape index (κ3) is 2.88. The molecule has 0 N–H and O–H groups in total. The van der Waals surface area contributed by atoms with Gasteiger partial charge in [-0.1, -0.05) is 34.1 Å². The lowest BCUT2D eigenvalue weighted by Gasteiger charge is -2.08. The summed E-state index contributed by atoms with van der Waals surface area (Å²) >= 11 is 3.18. The minimum absolute atomic E-state index is 0.169. The third-order valence-corrected chi connectivity index (χ3v) is 2.91. The lowest BCUT2D eigenvalue weighted by atomic mass is 10.1. The minimum atomic E-state index is -0.432. The lowest BCUT2D eigenvalue weighted by Crippen LogP contribution is -1.99. The van der Waals surface area contributed by atoms with Crippen LogP contribution < -0.4 is 4.74 Å². The molecule has 0 aliphatic rings. The summed E-state index contributed by atoms with van der Waals surface area (Å²) in [6.45, 7) is 0.169. The fraction of sp³-hybridized carbons (Fsp3) is 0.0714. The highest BCUT2D eigenvalue weighted by molar-refractivity contribution is 9.10. The molecule has 0 saturated carbocycles. The molecule has 4 heteroatoms. The Bertz CT molecular complexity index is 607. The summed E-state index contributed by atoms with van der Waals surface area (Å²) in [5.74, 6) is -0.259. The molecular formula is C14H9BrFNO. The Morgan fingerprint density at radius 2 is 2.00 bits per heavy atom. The van der Waals surface area contributed by atoms with E-state index in [2.05, 4.69) is 22.0 Å². The van der Waals surface area contributed by atoms with Crippen molar-refractivity contribution >= 4 is 15.9 Å². The van der Waals surface area contributed by atoms with E-state index in [1.165, 1.54) is 6.07 Å². The summed E-state index contributed by atoms with van der Waals surface area (Å²) in [5, 5.41) is 8.92. The van der Waals surface area contributed by atoms with Crippen molar-refractivity contribution in [2.24, 2.45) is 0 Å². The second kappa shape index (κ2) is 5.65. The predicted octanol–water partition coefficient (Wildman–Crippen LogP) is 4.04. The van der Waals surface area contributed by atoms with E-state index >= 15 is 0 Å². The van der Waals surface area contributed by atoms with Gasteiger partial charge in [-0.05, 0) is 24.3 Å². The zero-order valence-corrected chi connectivity index (χ0v) is 10.9. The number of benzene rings is 2. The van der Waals surface area contributed by atoms with Gasteiger partial charge in [0.15, 0.2) is 11.6 Å². The maximum atomic E-state index is 13.5. The molecule has 0 heterocycles. The van der Waals surface area contributed by atoms with Crippen LogP contribution in [0.15, 0.2) is 46.9 Å². The van der Waals surface area contributed by atoms with Crippen molar-refractivity contribution < 1.29 is 9.13 Å². The molecular weight excluding hydrogens is 297 g/mol. The Hall–Kier alpha value is -1.86. The van der Waals surface area contributed by atoms with Crippen LogP contribution in [0.1, 0.15) is 11.1 Å². The van der Waals surface area contributed by atoms with Crippen molar-refractivity contribution in [2.75, 3.05) is 0 Å². The van der Waals surface area contributed by atoms with Crippen molar-refractivity contribution in [2.45, 2.75) is 6.61 Å². The summed E-state index contributed by atoms with van der Waals surface area (Å²) in [6, 6.07) is 13.8. The van der Waals surface area contributed by atoms with Crippen molar-refractivity contribution in [3.8, 4) is 11.8 Å². The Kier molecular flexibility index (Phi) is 3.96. The van der Waals surface area contributed by atoms with Gasteiger partial charge in [-0.2, -0.15) is 5.26 Å². The van der Waals surface area contributed by atoms with E-state index in [0.717, 1.165) is 5.56 Å². The molecule has 90 valence electrons. The van der Waals surface area contributed by atoms with Crippen molar-refractivity contribution in [3.63, 3.8) is 0 Å². The van der Waals surface area contributed by atoms with Gasteiger partial charge in [0.25, 0.3) is 0 Å². The molecule has 2 rings (SSSR count). The molecule has 0 amide bonds. The van der Waals surface area contributed by atoms with Crippen LogP contribution in [0.5, 0.6) is 5.75 Å². The first-order valence-corrected chi connectivity index (χ1v) is 6.06. The zero-order chi connectivity index (χ0) is 13.0. The Labute approximate surface area is 113 Å². The van der Waals surface area contributed by atoms with Gasteiger partial charge in [0.05, 0.1) is 11.6 Å². The number of hydrogen-bond donors (Lipinski definition) is 0. The fourth-order valence-corrected chi connectivity index (χ4v) is 1.84. The van der Waals surface area contributed by atoms with E-state index in [9.17, 15) is 4.39 Å². The zero-order valence-electron chi connectivity index (χ0n) is 9.36. The highest BCUT2D eigenvalue weighted by atomic mass is 79.9. The molecule has 0 aliphatic carbocycles. The van der Waals surface area contributed by atoms with Crippen molar-refractivity contribution in [1.29, 1.82) is 5.26 Å². The SMILES string of the molecule is N#Cc1ccccc1COc1ccc(Br)cc1F. The highest BCUT2D eigenvalue weighted by Gasteiger charge is 2.06. The third-order valence-electron chi connectivity index (χ3n) is 2.41. The average molecular weight is 306 g/mol. The van der Waals surface area contributed by atoms with Gasteiger partial charge < -0.3 is 4.74 Å². The molecule has 0 unspecified atom stereocenters. The quantitative estimate of drug-likeness (QED) is 0.857. The van der Waals surface area contributed by atoms with E-state index in [4.69, 9.17) is 10.00 Å². The summed E-state index contributed by atoms with van der Waals surface area (Å²) in [6.07, 6.45) is 0. The van der Waals surface area contributed by atoms with E-state index in [0.29, 0.717) is 10.0 Å². The molecule has 2 aromatic carbocycles. The van der Waals surface area contributed by atoms with Crippen LogP contribution in [0.2, 0.25) is 0 Å². The van der Waals surface area contributed by atoms with Gasteiger partial charge in [0.1, 0.15) is 6.61 Å². The largest absolute Gasteiger partial charge is 0.486 e. The number of halogens is 2. The fourth-order valence-electron chi connectivity index (χ4n) is 1.50. The predicted molar refractivity (Wildman–Crippen MR) is 69.6 cm³/mol. The molecule has 0 aromatic heterocycles. The number of nitriles is 1. The average Bonchev–Trinajstić information content (AvgIpc) is 2.38. The highest BCUT2D eigenvalue weighted by Crippen LogP contribution is 2.22. The van der Waals surface area contributed by atoms with E-state index in [-0.39, 0.29) is 12.4 Å². The van der Waals surface area contributed by atoms with Crippen LogP contribution in [0, 0.1) is 17.1 Å². The Morgan fingerprint density at radius 1 is 1.22 bits per heavy atom. The monoisotopic (exact) mass is 305 g/mol. The van der Waals surface area contributed by atoms with Gasteiger partial charge in [-0.15, -0.1) is 0 Å². The summed E-state index contributed by atoms with van der Waals surface area (Å²) in [4.78, 5) is 0. The van der Waals surface area contributed by atoms with Gasteiger partial charge >= 0.3 is 0 Å². The molecule has 18 heavy (non-hydrogen) atoms. The Morgan fingerprint density at radius 3 is 2.72 bits per heavy atom. The number of rotatable bonds is 3. The first-order valence-electron chi connectivity index (χ1n) is 5.26. The van der Waals surface area contributed by atoms with Crippen LogP contribution in [0.25, 0.3) is 0 Å². The summed E-state index contributed by atoms with van der Waals surface area (Å²) < 4.78 is 19.5. The molecule has 0 radical (unpaired) electrons. The first-order chi connectivity index (χ1) is 8.70. The topological polar surface area (TPSA) is 33.0 Å². The van der Waals surface area contributed by atoms with Crippen molar-refractivity contribution in [3.05, 3.63) is 63.9 Å². The van der Waals surface area contributed by atoms with Gasteiger partial charge in [0.2, 0.25) is 0 Å². The smallest absolute Gasteiger partial charge is 0.166 e. The molecule has 0 fully saturated rings. The molecule has 0 bridgehead atoms. The molecule has 2 nitrogen and oxygen atoms in total. The maximum absolute atomic E-state index is 13.5. The maximum Gasteiger partial charge on any atom is 0.166 e. The number of nitrogens with zero attached hydrogens (tertiary/aromatic N) is 1. The normalized spacial score (nSPS) is 9.83. The van der Waals surface area contributed by atoms with E-state index in [1.54, 1.807) is 30.3 Å². The number of ether oxygens (including phenoxy) is 1. The molecule has 0 saturated heterocycles. The molecule has 0 aliphatic heterocycles. The summed E-state index contributed by atoms with van der Waals surface area (Å²) in [7, 11) is 0. The van der Waals surface area contributed by atoms with E-state index in [1.807, 2.05) is 6.07 Å². The standard InChI is InChI=1S/C14H9BrFNO/c15-12-5-6-14(13(16)7-12)18-9-11-4-2-1-3-10(11)8-17/h1-7H,9H2. The van der Waals surface area contributed by atoms with Crippen LogP contribution in [0.4, 0.5) is 4.39 Å². The molecule has 0 atom stereocenters. The summed E-state index contributed by atoms with van der Waals surface area (Å²) in [5.41, 5.74) is 1.28. The van der Waals surface area contributed by atoms with Gasteiger partial charge in [0, 0.05) is 10.0 Å². The lowest BCUT2D eigenvalue weighted by molar-refractivity contribution is 0.290. The van der Waals surface area contributed by atoms with Crippen LogP contribution in [-0.2, 0) is 6.61 Å². The second-order valence-corrected chi connectivity index (χ2v) is 4.55. The second-order valence-electron chi connectivity index (χ2n) is 3.63. The molecule has 2 aromatic rings. The van der Waals surface area contributed by atoms with E-state index < -0.39 is 5.82 Å². The first kappa shape index (κ1) is 12.6. The van der Waals surface area contributed by atoms with Crippen molar-refractivity contribution in [1.82, 2.24) is 0 Å².